The van der Waals surface area contributed by atoms with Crippen LogP contribution in [0.4, 0.5) is 11.4 Å². The van der Waals surface area contributed by atoms with Crippen molar-refractivity contribution in [1.82, 2.24) is 9.38 Å². The van der Waals surface area contributed by atoms with E-state index in [0.29, 0.717) is 21.1 Å². The summed E-state index contributed by atoms with van der Waals surface area (Å²) in [6, 6.07) is 12.2. The van der Waals surface area contributed by atoms with Crippen LogP contribution in [-0.4, -0.2) is 20.2 Å². The SMILES string of the molecule is Cc1ccc(NC(=O)c2sc3nc(-c4cccc([N+](=O)[O-])c4)cn3c2C)c(C)c1. The van der Waals surface area contributed by atoms with Crippen LogP contribution in [-0.2, 0) is 0 Å². The second-order valence-electron chi connectivity index (χ2n) is 6.88. The maximum atomic E-state index is 12.8. The number of nitrogens with one attached hydrogen (secondary N) is 1. The Morgan fingerprint density at radius 1 is 1.17 bits per heavy atom. The summed E-state index contributed by atoms with van der Waals surface area (Å²) < 4.78 is 1.84. The Kier molecular flexibility index (Phi) is 4.63. The summed E-state index contributed by atoms with van der Waals surface area (Å²) in [4.78, 5) is 29.2. The van der Waals surface area contributed by atoms with E-state index in [1.54, 1.807) is 18.3 Å². The summed E-state index contributed by atoms with van der Waals surface area (Å²) in [5.41, 5.74) is 5.01. The third-order valence-electron chi connectivity index (χ3n) is 4.75. The Labute approximate surface area is 170 Å². The summed E-state index contributed by atoms with van der Waals surface area (Å²) in [6.45, 7) is 5.83. The minimum Gasteiger partial charge on any atom is -0.321 e. The van der Waals surface area contributed by atoms with E-state index in [4.69, 9.17) is 0 Å². The van der Waals surface area contributed by atoms with Crippen molar-refractivity contribution < 1.29 is 9.72 Å². The molecule has 2 aromatic carbocycles. The molecule has 2 aromatic heterocycles. The number of hydrogen-bond acceptors (Lipinski definition) is 5. The molecule has 0 aliphatic heterocycles. The zero-order chi connectivity index (χ0) is 20.7. The van der Waals surface area contributed by atoms with Crippen LogP contribution in [0.15, 0.2) is 48.7 Å². The summed E-state index contributed by atoms with van der Waals surface area (Å²) in [5.74, 6) is -0.179. The van der Waals surface area contributed by atoms with Crippen LogP contribution < -0.4 is 5.32 Å². The predicted molar refractivity (Wildman–Crippen MR) is 114 cm³/mol. The highest BCUT2D eigenvalue weighted by Crippen LogP contribution is 2.29. The zero-order valence-corrected chi connectivity index (χ0v) is 16.9. The number of carbonyl (C=O) groups excluding carboxylic acids is 1. The van der Waals surface area contributed by atoms with Gasteiger partial charge < -0.3 is 5.32 Å². The molecule has 1 N–H and O–H groups in total. The molecule has 0 aliphatic carbocycles. The molecule has 29 heavy (non-hydrogen) atoms. The van der Waals surface area contributed by atoms with Crippen molar-refractivity contribution in [2.45, 2.75) is 20.8 Å². The maximum absolute atomic E-state index is 12.8. The van der Waals surface area contributed by atoms with E-state index in [0.717, 1.165) is 22.5 Å². The highest BCUT2D eigenvalue weighted by Gasteiger charge is 2.19. The quantitative estimate of drug-likeness (QED) is 0.375. The van der Waals surface area contributed by atoms with Gasteiger partial charge in [-0.1, -0.05) is 41.2 Å². The number of thiazole rings is 1. The van der Waals surface area contributed by atoms with Crippen LogP contribution in [0.25, 0.3) is 16.2 Å². The lowest BCUT2D eigenvalue weighted by Crippen LogP contribution is -2.12. The van der Waals surface area contributed by atoms with Crippen molar-refractivity contribution >= 4 is 33.6 Å². The van der Waals surface area contributed by atoms with E-state index < -0.39 is 4.92 Å². The molecule has 0 atom stereocenters. The van der Waals surface area contributed by atoms with Gasteiger partial charge in [-0.2, -0.15) is 0 Å². The minimum absolute atomic E-state index is 0.0177. The number of imidazole rings is 1. The summed E-state index contributed by atoms with van der Waals surface area (Å²) in [5, 5.41) is 14.0. The number of anilines is 1. The Balaban J connectivity index is 1.65. The molecule has 146 valence electrons. The third-order valence-corrected chi connectivity index (χ3v) is 5.90. The number of aromatic nitrogens is 2. The molecule has 0 saturated heterocycles. The van der Waals surface area contributed by atoms with E-state index in [2.05, 4.69) is 10.3 Å². The molecule has 1 amide bonds. The van der Waals surface area contributed by atoms with Gasteiger partial charge in [0.1, 0.15) is 4.88 Å². The van der Waals surface area contributed by atoms with Gasteiger partial charge in [0.05, 0.1) is 10.6 Å². The predicted octanol–water partition coefficient (Wildman–Crippen LogP) is 5.15. The maximum Gasteiger partial charge on any atom is 0.270 e. The molecule has 2 heterocycles. The number of nitrogens with zero attached hydrogens (tertiary/aromatic N) is 3. The molecule has 4 rings (SSSR count). The largest absolute Gasteiger partial charge is 0.321 e. The fourth-order valence-electron chi connectivity index (χ4n) is 3.21. The van der Waals surface area contributed by atoms with Gasteiger partial charge >= 0.3 is 0 Å². The number of aryl methyl sites for hydroxylation is 3. The summed E-state index contributed by atoms with van der Waals surface area (Å²) in [6.07, 6.45) is 1.80. The standard InChI is InChI=1S/C21H18N4O3S/c1-12-7-8-17(13(2)9-12)22-20(26)19-14(3)24-11-18(23-21(24)29-19)15-5-4-6-16(10-15)25(27)28/h4-11H,1-3H3,(H,22,26). The van der Waals surface area contributed by atoms with Crippen LogP contribution in [0.1, 0.15) is 26.5 Å². The molecule has 0 spiro atoms. The van der Waals surface area contributed by atoms with Gasteiger partial charge in [0, 0.05) is 35.3 Å². The lowest BCUT2D eigenvalue weighted by molar-refractivity contribution is -0.384. The number of amides is 1. The average molecular weight is 406 g/mol. The first-order chi connectivity index (χ1) is 13.8. The lowest BCUT2D eigenvalue weighted by atomic mass is 10.1. The molecular weight excluding hydrogens is 388 g/mol. The van der Waals surface area contributed by atoms with Crippen LogP contribution in [0.5, 0.6) is 0 Å². The number of rotatable bonds is 4. The monoisotopic (exact) mass is 406 g/mol. The fraction of sp³-hybridized carbons (Fsp3) is 0.143. The first-order valence-electron chi connectivity index (χ1n) is 8.95. The van der Waals surface area contributed by atoms with E-state index in [9.17, 15) is 14.9 Å². The van der Waals surface area contributed by atoms with Gasteiger partial charge in [-0.3, -0.25) is 19.3 Å². The number of non-ortho nitro benzene ring substituents is 1. The van der Waals surface area contributed by atoms with Gasteiger partial charge in [0.2, 0.25) is 0 Å². The average Bonchev–Trinajstić information content (AvgIpc) is 3.24. The zero-order valence-electron chi connectivity index (χ0n) is 16.1. The Hall–Kier alpha value is -3.52. The topological polar surface area (TPSA) is 89.5 Å². The van der Waals surface area contributed by atoms with Crippen molar-refractivity contribution in [3.8, 4) is 11.3 Å². The van der Waals surface area contributed by atoms with Gasteiger partial charge in [-0.15, -0.1) is 0 Å². The lowest BCUT2D eigenvalue weighted by Gasteiger charge is -2.08. The van der Waals surface area contributed by atoms with Gasteiger partial charge in [0.15, 0.2) is 4.96 Å². The normalized spacial score (nSPS) is 11.0. The van der Waals surface area contributed by atoms with Crippen LogP contribution in [0, 0.1) is 30.9 Å². The number of hydrogen-bond donors (Lipinski definition) is 1. The van der Waals surface area contributed by atoms with Crippen LogP contribution >= 0.6 is 11.3 Å². The molecule has 0 radical (unpaired) electrons. The van der Waals surface area contributed by atoms with Crippen molar-refractivity contribution in [3.63, 3.8) is 0 Å². The molecule has 0 unspecified atom stereocenters. The summed E-state index contributed by atoms with van der Waals surface area (Å²) in [7, 11) is 0. The molecule has 4 aromatic rings. The summed E-state index contributed by atoms with van der Waals surface area (Å²) >= 11 is 1.29. The highest BCUT2D eigenvalue weighted by atomic mass is 32.1. The van der Waals surface area contributed by atoms with Crippen LogP contribution in [0.3, 0.4) is 0 Å². The number of carbonyl (C=O) groups is 1. The Morgan fingerprint density at radius 3 is 2.66 bits per heavy atom. The van der Waals surface area contributed by atoms with Crippen LogP contribution in [0.2, 0.25) is 0 Å². The number of benzene rings is 2. The number of fused-ring (bicyclic) bond motifs is 1. The second kappa shape index (κ2) is 7.14. The van der Waals surface area contributed by atoms with E-state index in [-0.39, 0.29) is 11.6 Å². The molecule has 0 aliphatic rings. The Morgan fingerprint density at radius 2 is 1.97 bits per heavy atom. The van der Waals surface area contributed by atoms with E-state index in [1.807, 2.05) is 43.4 Å². The van der Waals surface area contributed by atoms with Crippen molar-refractivity contribution in [2.24, 2.45) is 0 Å². The molecule has 8 heteroatoms. The molecule has 0 fully saturated rings. The first kappa shape index (κ1) is 18.8. The number of nitro groups is 1. The van der Waals surface area contributed by atoms with Crippen molar-refractivity contribution in [2.75, 3.05) is 5.32 Å². The fourth-order valence-corrected chi connectivity index (χ4v) is 4.22. The molecule has 0 saturated carbocycles. The first-order valence-corrected chi connectivity index (χ1v) is 9.77. The van der Waals surface area contributed by atoms with E-state index >= 15 is 0 Å². The smallest absolute Gasteiger partial charge is 0.270 e. The third kappa shape index (κ3) is 3.50. The minimum atomic E-state index is -0.428. The van der Waals surface area contributed by atoms with E-state index in [1.165, 1.54) is 23.5 Å². The van der Waals surface area contributed by atoms with Gasteiger partial charge in [0.25, 0.3) is 11.6 Å². The number of nitro benzene ring substituents is 1. The van der Waals surface area contributed by atoms with Crippen molar-refractivity contribution in [3.05, 3.63) is 80.5 Å². The molecule has 7 nitrogen and oxygen atoms in total. The van der Waals surface area contributed by atoms with Crippen molar-refractivity contribution in [1.29, 1.82) is 0 Å². The van der Waals surface area contributed by atoms with Gasteiger partial charge in [-0.25, -0.2) is 4.98 Å². The highest BCUT2D eigenvalue weighted by molar-refractivity contribution is 7.19. The molecular formula is C21H18N4O3S. The second-order valence-corrected chi connectivity index (χ2v) is 7.85. The Bertz CT molecular complexity index is 1270. The molecule has 0 bridgehead atoms. The van der Waals surface area contributed by atoms with Gasteiger partial charge in [-0.05, 0) is 32.4 Å².